The summed E-state index contributed by atoms with van der Waals surface area (Å²) in [6.07, 6.45) is 0. The van der Waals surface area contributed by atoms with Crippen molar-refractivity contribution in [1.82, 2.24) is 10.2 Å². The number of nitrogens with zero attached hydrogens (tertiary/aromatic N) is 2. The first-order valence-electron chi connectivity index (χ1n) is 8.78. The summed E-state index contributed by atoms with van der Waals surface area (Å²) < 4.78 is 5.21. The molecule has 4 amide bonds. The highest BCUT2D eigenvalue weighted by Crippen LogP contribution is 2.28. The first-order chi connectivity index (χ1) is 13.9. The van der Waals surface area contributed by atoms with Crippen LogP contribution >= 0.6 is 0 Å². The minimum absolute atomic E-state index is 0.0359. The van der Waals surface area contributed by atoms with Crippen LogP contribution in [-0.4, -0.2) is 40.8 Å². The Hall–Kier alpha value is -3.95. The van der Waals surface area contributed by atoms with Crippen molar-refractivity contribution >= 4 is 29.2 Å². The molecule has 2 aromatic rings. The zero-order chi connectivity index (χ0) is 21.0. The van der Waals surface area contributed by atoms with Gasteiger partial charge in [0.05, 0.1) is 24.6 Å². The number of amides is 4. The molecule has 0 bridgehead atoms. The lowest BCUT2D eigenvalue weighted by Gasteiger charge is -2.13. The monoisotopic (exact) mass is 398 g/mol. The van der Waals surface area contributed by atoms with Crippen LogP contribution in [0.15, 0.2) is 42.5 Å². The standard InChI is InChI=1S/C19H18N4O6/c1-2-29-16-7-6-13(9-15(16)23(27)28)18(25)21-14-5-3-4-12(8-14)11-22-17(24)10-20-19(22)26/h3-9H,2,10-11H2,1H3,(H,20,26)(H,21,25). The van der Waals surface area contributed by atoms with Crippen molar-refractivity contribution in [2.24, 2.45) is 0 Å². The summed E-state index contributed by atoms with van der Waals surface area (Å²) in [5.74, 6) is -0.779. The number of rotatable bonds is 7. The van der Waals surface area contributed by atoms with Crippen molar-refractivity contribution in [1.29, 1.82) is 0 Å². The first kappa shape index (κ1) is 19.8. The lowest BCUT2D eigenvalue weighted by Crippen LogP contribution is -2.30. The summed E-state index contributed by atoms with van der Waals surface area (Å²) >= 11 is 0. The molecular formula is C19H18N4O6. The third-order valence-corrected chi connectivity index (χ3v) is 4.18. The van der Waals surface area contributed by atoms with E-state index in [2.05, 4.69) is 10.6 Å². The van der Waals surface area contributed by atoms with Gasteiger partial charge in [-0.15, -0.1) is 0 Å². The molecule has 3 rings (SSSR count). The van der Waals surface area contributed by atoms with Crippen LogP contribution in [0, 0.1) is 10.1 Å². The van der Waals surface area contributed by atoms with Crippen LogP contribution in [0.2, 0.25) is 0 Å². The minimum Gasteiger partial charge on any atom is -0.487 e. The maximum Gasteiger partial charge on any atom is 0.324 e. The molecule has 1 aliphatic heterocycles. The average molecular weight is 398 g/mol. The number of benzene rings is 2. The van der Waals surface area contributed by atoms with Crippen LogP contribution in [0.4, 0.5) is 16.2 Å². The molecule has 0 radical (unpaired) electrons. The molecule has 29 heavy (non-hydrogen) atoms. The molecule has 0 unspecified atom stereocenters. The highest BCUT2D eigenvalue weighted by molar-refractivity contribution is 6.05. The Labute approximate surface area is 165 Å². The molecule has 0 spiro atoms. The molecule has 0 atom stereocenters. The van der Waals surface area contributed by atoms with Gasteiger partial charge >= 0.3 is 11.7 Å². The second kappa shape index (κ2) is 8.38. The fourth-order valence-corrected chi connectivity index (χ4v) is 2.83. The van der Waals surface area contributed by atoms with Crippen LogP contribution in [0.5, 0.6) is 5.75 Å². The van der Waals surface area contributed by atoms with E-state index in [1.165, 1.54) is 12.1 Å². The summed E-state index contributed by atoms with van der Waals surface area (Å²) in [6.45, 7) is 2.00. The molecule has 1 aliphatic rings. The van der Waals surface area contributed by atoms with Crippen molar-refractivity contribution in [3.05, 3.63) is 63.7 Å². The molecule has 1 saturated heterocycles. The third kappa shape index (κ3) is 4.49. The van der Waals surface area contributed by atoms with E-state index in [-0.39, 0.29) is 42.6 Å². The lowest BCUT2D eigenvalue weighted by molar-refractivity contribution is -0.385. The quantitative estimate of drug-likeness (QED) is 0.418. The second-order valence-electron chi connectivity index (χ2n) is 6.17. The lowest BCUT2D eigenvalue weighted by atomic mass is 10.1. The summed E-state index contributed by atoms with van der Waals surface area (Å²) in [6, 6.07) is 10.1. The van der Waals surface area contributed by atoms with Gasteiger partial charge in [0.2, 0.25) is 5.91 Å². The van der Waals surface area contributed by atoms with E-state index in [1.807, 2.05) is 0 Å². The SMILES string of the molecule is CCOc1ccc(C(=O)Nc2cccc(CN3C(=O)CNC3=O)c2)cc1[N+](=O)[O-]. The molecule has 10 heteroatoms. The highest BCUT2D eigenvalue weighted by atomic mass is 16.6. The first-order valence-corrected chi connectivity index (χ1v) is 8.78. The van der Waals surface area contributed by atoms with Crippen molar-refractivity contribution < 1.29 is 24.0 Å². The number of ether oxygens (including phenoxy) is 1. The minimum atomic E-state index is -0.611. The van der Waals surface area contributed by atoms with E-state index in [1.54, 1.807) is 31.2 Å². The van der Waals surface area contributed by atoms with Crippen LogP contribution < -0.4 is 15.4 Å². The number of imide groups is 1. The molecule has 1 fully saturated rings. The van der Waals surface area contributed by atoms with Gasteiger partial charge in [0.1, 0.15) is 0 Å². The number of urea groups is 1. The Morgan fingerprint density at radius 1 is 1.28 bits per heavy atom. The van der Waals surface area contributed by atoms with E-state index in [0.717, 1.165) is 11.0 Å². The molecule has 10 nitrogen and oxygen atoms in total. The largest absolute Gasteiger partial charge is 0.487 e. The van der Waals surface area contributed by atoms with Crippen LogP contribution in [0.3, 0.4) is 0 Å². The molecule has 0 aliphatic carbocycles. The molecule has 0 aromatic heterocycles. The van der Waals surface area contributed by atoms with Crippen LogP contribution in [0.25, 0.3) is 0 Å². The number of carbonyl (C=O) groups excluding carboxylic acids is 3. The van der Waals surface area contributed by atoms with Gasteiger partial charge in [-0.05, 0) is 36.8 Å². The number of hydrogen-bond acceptors (Lipinski definition) is 6. The number of nitrogens with one attached hydrogen (secondary N) is 2. The predicted octanol–water partition coefficient (Wildman–Crippen LogP) is 2.30. The maximum atomic E-state index is 12.5. The number of carbonyl (C=O) groups is 3. The molecule has 150 valence electrons. The Morgan fingerprint density at radius 3 is 2.72 bits per heavy atom. The second-order valence-corrected chi connectivity index (χ2v) is 6.17. The van der Waals surface area contributed by atoms with Gasteiger partial charge in [0, 0.05) is 17.3 Å². The number of nitro groups is 1. The molecule has 0 saturated carbocycles. The Bertz CT molecular complexity index is 974. The Morgan fingerprint density at radius 2 is 2.07 bits per heavy atom. The van der Waals surface area contributed by atoms with Crippen LogP contribution in [0.1, 0.15) is 22.8 Å². The van der Waals surface area contributed by atoms with E-state index in [0.29, 0.717) is 11.3 Å². The van der Waals surface area contributed by atoms with Gasteiger partial charge in [-0.1, -0.05) is 12.1 Å². The summed E-state index contributed by atoms with van der Waals surface area (Å²) in [4.78, 5) is 47.6. The smallest absolute Gasteiger partial charge is 0.324 e. The number of anilines is 1. The fraction of sp³-hybridized carbons (Fsp3) is 0.211. The van der Waals surface area contributed by atoms with Gasteiger partial charge in [-0.2, -0.15) is 0 Å². The molecule has 2 aromatic carbocycles. The van der Waals surface area contributed by atoms with E-state index >= 15 is 0 Å². The van der Waals surface area contributed by atoms with E-state index in [4.69, 9.17) is 4.74 Å². The highest BCUT2D eigenvalue weighted by Gasteiger charge is 2.28. The van der Waals surface area contributed by atoms with Gasteiger partial charge in [-0.25, -0.2) is 4.79 Å². The predicted molar refractivity (Wildman–Crippen MR) is 103 cm³/mol. The van der Waals surface area contributed by atoms with Crippen molar-refractivity contribution in [2.45, 2.75) is 13.5 Å². The maximum absolute atomic E-state index is 12.5. The topological polar surface area (TPSA) is 131 Å². The van der Waals surface area contributed by atoms with Crippen molar-refractivity contribution in [3.63, 3.8) is 0 Å². The third-order valence-electron chi connectivity index (χ3n) is 4.18. The number of nitro benzene ring substituents is 1. The fourth-order valence-electron chi connectivity index (χ4n) is 2.83. The zero-order valence-corrected chi connectivity index (χ0v) is 15.5. The average Bonchev–Trinajstić information content (AvgIpc) is 3.00. The molecule has 1 heterocycles. The summed E-state index contributed by atoms with van der Waals surface area (Å²) in [5, 5.41) is 16.3. The number of hydrogen-bond donors (Lipinski definition) is 2. The molecule has 2 N–H and O–H groups in total. The van der Waals surface area contributed by atoms with Gasteiger partial charge in [0.15, 0.2) is 5.75 Å². The van der Waals surface area contributed by atoms with Crippen LogP contribution in [-0.2, 0) is 11.3 Å². The van der Waals surface area contributed by atoms with E-state index < -0.39 is 16.9 Å². The van der Waals surface area contributed by atoms with Crippen molar-refractivity contribution in [3.8, 4) is 5.75 Å². The van der Waals surface area contributed by atoms with Crippen molar-refractivity contribution in [2.75, 3.05) is 18.5 Å². The summed E-state index contributed by atoms with van der Waals surface area (Å²) in [7, 11) is 0. The molecular weight excluding hydrogens is 380 g/mol. The Balaban J connectivity index is 1.75. The van der Waals surface area contributed by atoms with Gasteiger partial charge < -0.3 is 15.4 Å². The van der Waals surface area contributed by atoms with Gasteiger partial charge in [0.25, 0.3) is 5.91 Å². The summed E-state index contributed by atoms with van der Waals surface area (Å²) in [5.41, 5.74) is 0.869. The van der Waals surface area contributed by atoms with E-state index in [9.17, 15) is 24.5 Å². The Kier molecular flexibility index (Phi) is 5.72. The van der Waals surface area contributed by atoms with Gasteiger partial charge in [-0.3, -0.25) is 24.6 Å². The zero-order valence-electron chi connectivity index (χ0n) is 15.5. The normalized spacial score (nSPS) is 13.2.